The zero-order valence-electron chi connectivity index (χ0n) is 12.8. The van der Waals surface area contributed by atoms with Crippen LogP contribution in [-0.4, -0.2) is 23.6 Å². The van der Waals surface area contributed by atoms with Gasteiger partial charge in [-0.2, -0.15) is 0 Å². The normalized spacial score (nSPS) is 54.8. The number of carbonyl (C=O) groups excluding carboxylic acids is 1. The van der Waals surface area contributed by atoms with Gasteiger partial charge in [-0.1, -0.05) is 13.0 Å². The fraction of sp³-hybridized carbons (Fsp3) is 0.824. The molecule has 0 unspecified atom stereocenters. The average Bonchev–Trinajstić information content (AvgIpc) is 2.65. The molecule has 0 N–H and O–H groups in total. The molecule has 1 aliphatic carbocycles. The molecular weight excluding hydrogens is 268 g/mol. The molecule has 3 heterocycles. The molecule has 3 aliphatic heterocycles. The van der Waals surface area contributed by atoms with Gasteiger partial charge in [0, 0.05) is 12.3 Å². The third-order valence-electron chi connectivity index (χ3n) is 6.24. The summed E-state index contributed by atoms with van der Waals surface area (Å²) in [6, 6.07) is 0. The average molecular weight is 292 g/mol. The van der Waals surface area contributed by atoms with Gasteiger partial charge in [-0.3, -0.25) is 4.79 Å². The maximum absolute atomic E-state index is 12.4. The van der Waals surface area contributed by atoms with Crippen LogP contribution in [0.1, 0.15) is 46.0 Å². The van der Waals surface area contributed by atoms with E-state index in [-0.39, 0.29) is 17.8 Å². The molecule has 4 rings (SSSR count). The van der Waals surface area contributed by atoms with Gasteiger partial charge >= 0.3 is 5.97 Å². The molecule has 2 bridgehead atoms. The monoisotopic (exact) mass is 292 g/mol. The Kier molecular flexibility index (Phi) is 2.84. The van der Waals surface area contributed by atoms with Crippen LogP contribution in [0.25, 0.3) is 0 Å². The van der Waals surface area contributed by atoms with Gasteiger partial charge in [0.05, 0.1) is 5.92 Å². The third-order valence-corrected chi connectivity index (χ3v) is 6.24. The van der Waals surface area contributed by atoms with Gasteiger partial charge in [-0.05, 0) is 44.4 Å². The van der Waals surface area contributed by atoms with Crippen LogP contribution in [0, 0.1) is 23.7 Å². The van der Waals surface area contributed by atoms with E-state index in [9.17, 15) is 4.79 Å². The number of fused-ring (bicyclic) bond motifs is 1. The van der Waals surface area contributed by atoms with Crippen molar-refractivity contribution in [2.75, 3.05) is 0 Å². The van der Waals surface area contributed by atoms with Crippen LogP contribution in [0.15, 0.2) is 12.7 Å². The molecule has 0 aromatic heterocycles. The zero-order chi connectivity index (χ0) is 14.8. The largest absolute Gasteiger partial charge is 0.432 e. The lowest BCUT2D eigenvalue weighted by molar-refractivity contribution is -0.264. The summed E-state index contributed by atoms with van der Waals surface area (Å²) in [5.74, 6) is 0.375. The number of hydrogen-bond acceptors (Lipinski definition) is 4. The van der Waals surface area contributed by atoms with Crippen molar-refractivity contribution in [2.45, 2.75) is 63.6 Å². The molecule has 4 heteroatoms. The summed E-state index contributed by atoms with van der Waals surface area (Å²) in [5.41, 5.74) is -0.424. The summed E-state index contributed by atoms with van der Waals surface area (Å²) < 4.78 is 18.3. The van der Waals surface area contributed by atoms with Gasteiger partial charge < -0.3 is 14.2 Å². The Hall–Kier alpha value is -0.870. The highest BCUT2D eigenvalue weighted by Gasteiger charge is 2.72. The van der Waals surface area contributed by atoms with Crippen LogP contribution in [0.4, 0.5) is 0 Å². The predicted molar refractivity (Wildman–Crippen MR) is 76.1 cm³/mol. The zero-order valence-corrected chi connectivity index (χ0v) is 12.8. The van der Waals surface area contributed by atoms with E-state index in [0.717, 1.165) is 25.7 Å². The Morgan fingerprint density at radius 3 is 2.90 bits per heavy atom. The summed E-state index contributed by atoms with van der Waals surface area (Å²) in [5, 5.41) is 0. The maximum Gasteiger partial charge on any atom is 0.312 e. The predicted octanol–water partition coefficient (Wildman–Crippen LogP) is 3.02. The van der Waals surface area contributed by atoms with Crippen LogP contribution in [0.2, 0.25) is 0 Å². The minimum absolute atomic E-state index is 0.127. The molecule has 7 atom stereocenters. The summed E-state index contributed by atoms with van der Waals surface area (Å²) in [4.78, 5) is 12.4. The molecule has 4 aliphatic rings. The second-order valence-electron chi connectivity index (χ2n) is 7.41. The van der Waals surface area contributed by atoms with E-state index in [4.69, 9.17) is 14.2 Å². The van der Waals surface area contributed by atoms with Gasteiger partial charge in [0.15, 0.2) is 5.79 Å². The van der Waals surface area contributed by atoms with E-state index >= 15 is 0 Å². The van der Waals surface area contributed by atoms with E-state index in [0.29, 0.717) is 18.3 Å². The second-order valence-corrected chi connectivity index (χ2v) is 7.41. The second kappa shape index (κ2) is 4.32. The first-order valence-corrected chi connectivity index (χ1v) is 8.19. The summed E-state index contributed by atoms with van der Waals surface area (Å²) in [7, 11) is 0. The molecule has 3 saturated heterocycles. The van der Waals surface area contributed by atoms with Crippen LogP contribution in [0.3, 0.4) is 0 Å². The van der Waals surface area contributed by atoms with Crippen molar-refractivity contribution in [1.29, 1.82) is 0 Å². The van der Waals surface area contributed by atoms with Crippen molar-refractivity contribution in [3.63, 3.8) is 0 Å². The molecule has 0 aromatic rings. The highest BCUT2D eigenvalue weighted by Crippen LogP contribution is 2.63. The SMILES string of the molecule is C=CC[C@H]1C(=O)O[C@@H]2O[C@@]3(C)CC[C@H]4[C@H](C)CC[C@@H]1[C@@]24O3. The molecular formula is C17H24O4. The van der Waals surface area contributed by atoms with Crippen molar-refractivity contribution in [3.05, 3.63) is 12.7 Å². The quantitative estimate of drug-likeness (QED) is 0.580. The maximum atomic E-state index is 12.4. The van der Waals surface area contributed by atoms with E-state index in [1.165, 1.54) is 0 Å². The number of ether oxygens (including phenoxy) is 3. The van der Waals surface area contributed by atoms with Gasteiger partial charge in [0.1, 0.15) is 5.60 Å². The van der Waals surface area contributed by atoms with E-state index in [1.807, 2.05) is 13.0 Å². The summed E-state index contributed by atoms with van der Waals surface area (Å²) in [6.45, 7) is 8.10. The van der Waals surface area contributed by atoms with Crippen molar-refractivity contribution in [2.24, 2.45) is 23.7 Å². The van der Waals surface area contributed by atoms with Gasteiger partial charge in [0.25, 0.3) is 0 Å². The molecule has 4 nitrogen and oxygen atoms in total. The molecule has 116 valence electrons. The molecule has 1 saturated carbocycles. The third kappa shape index (κ3) is 1.66. The lowest BCUT2D eigenvalue weighted by atomic mass is 9.57. The van der Waals surface area contributed by atoms with Crippen LogP contribution >= 0.6 is 0 Å². The van der Waals surface area contributed by atoms with Crippen molar-refractivity contribution in [1.82, 2.24) is 0 Å². The molecule has 0 radical (unpaired) electrons. The van der Waals surface area contributed by atoms with Crippen molar-refractivity contribution < 1.29 is 19.0 Å². The Labute approximate surface area is 125 Å². The molecule has 0 amide bonds. The first kappa shape index (κ1) is 13.8. The molecule has 21 heavy (non-hydrogen) atoms. The lowest BCUT2D eigenvalue weighted by Crippen LogP contribution is -2.65. The first-order chi connectivity index (χ1) is 10.00. The Balaban J connectivity index is 1.80. The Morgan fingerprint density at radius 1 is 1.33 bits per heavy atom. The van der Waals surface area contributed by atoms with Crippen LogP contribution < -0.4 is 0 Å². The Bertz CT molecular complexity index is 489. The standard InChI is InChI=1S/C17H24O4/c1-4-5-11-13-7-6-10(2)12-8-9-16(3)20-15(19-14(11)18)17(12,13)21-16/h4,10-13,15H,1,5-9H2,2-3H3/t10-,11-,12+,13+,15-,16-,17-/m1/s1. The molecule has 0 aromatic carbocycles. The lowest BCUT2D eigenvalue weighted by Gasteiger charge is -2.56. The van der Waals surface area contributed by atoms with Crippen molar-refractivity contribution in [3.8, 4) is 0 Å². The topological polar surface area (TPSA) is 44.8 Å². The number of rotatable bonds is 2. The smallest absolute Gasteiger partial charge is 0.312 e. The number of carbonyl (C=O) groups is 1. The fourth-order valence-corrected chi connectivity index (χ4v) is 5.32. The van der Waals surface area contributed by atoms with Crippen LogP contribution in [0.5, 0.6) is 0 Å². The minimum Gasteiger partial charge on any atom is -0.432 e. The fourth-order valence-electron chi connectivity index (χ4n) is 5.32. The summed E-state index contributed by atoms with van der Waals surface area (Å²) in [6.07, 6.45) is 6.13. The van der Waals surface area contributed by atoms with Gasteiger partial charge in [-0.15, -0.1) is 6.58 Å². The van der Waals surface area contributed by atoms with Crippen LogP contribution in [-0.2, 0) is 19.0 Å². The van der Waals surface area contributed by atoms with Crippen molar-refractivity contribution >= 4 is 5.97 Å². The van der Waals surface area contributed by atoms with E-state index in [2.05, 4.69) is 13.5 Å². The number of allylic oxidation sites excluding steroid dienone is 1. The number of esters is 1. The minimum atomic E-state index is -0.584. The number of hydrogen-bond donors (Lipinski definition) is 0. The van der Waals surface area contributed by atoms with Gasteiger partial charge in [-0.25, -0.2) is 0 Å². The summed E-state index contributed by atoms with van der Waals surface area (Å²) >= 11 is 0. The van der Waals surface area contributed by atoms with E-state index in [1.54, 1.807) is 0 Å². The highest BCUT2D eigenvalue weighted by molar-refractivity contribution is 5.74. The van der Waals surface area contributed by atoms with Gasteiger partial charge in [0.2, 0.25) is 6.29 Å². The highest BCUT2D eigenvalue weighted by atomic mass is 16.8. The Morgan fingerprint density at radius 2 is 2.14 bits per heavy atom. The first-order valence-electron chi connectivity index (χ1n) is 8.19. The van der Waals surface area contributed by atoms with E-state index < -0.39 is 17.7 Å². The molecule has 4 fully saturated rings. The molecule has 1 spiro atoms.